The van der Waals surface area contributed by atoms with E-state index in [1.807, 2.05) is 6.20 Å². The zero-order valence-corrected chi connectivity index (χ0v) is 16.7. The van der Waals surface area contributed by atoms with Gasteiger partial charge in [-0.15, -0.1) is 0 Å². The van der Waals surface area contributed by atoms with Crippen LogP contribution in [-0.4, -0.2) is 37.1 Å². The molecule has 27 heavy (non-hydrogen) atoms. The van der Waals surface area contributed by atoms with Gasteiger partial charge < -0.3 is 9.64 Å². The summed E-state index contributed by atoms with van der Waals surface area (Å²) in [6.45, 7) is 3.84. The van der Waals surface area contributed by atoms with E-state index in [9.17, 15) is 0 Å². The van der Waals surface area contributed by atoms with E-state index in [2.05, 4.69) is 79.4 Å². The third kappa shape index (κ3) is 5.54. The molecule has 3 rings (SSSR count). The molecule has 0 fully saturated rings. The lowest BCUT2D eigenvalue weighted by Crippen LogP contribution is -2.19. The van der Waals surface area contributed by atoms with E-state index in [-0.39, 0.29) is 0 Å². The first-order valence-corrected chi connectivity index (χ1v) is 9.88. The molecule has 3 aromatic rings. The van der Waals surface area contributed by atoms with Crippen molar-refractivity contribution in [1.29, 1.82) is 0 Å². The molecule has 0 amide bonds. The quantitative estimate of drug-likeness (QED) is 0.529. The topological polar surface area (TPSA) is 25.4 Å². The van der Waals surface area contributed by atoms with Gasteiger partial charge in [-0.3, -0.25) is 4.98 Å². The first-order chi connectivity index (χ1) is 13.2. The van der Waals surface area contributed by atoms with Crippen LogP contribution in [0.25, 0.3) is 10.8 Å². The number of nitrogens with zero attached hydrogens (tertiary/aromatic N) is 2. The van der Waals surface area contributed by atoms with Crippen LogP contribution in [0.2, 0.25) is 0 Å². The van der Waals surface area contributed by atoms with E-state index in [1.54, 1.807) is 0 Å². The van der Waals surface area contributed by atoms with Gasteiger partial charge in [0.25, 0.3) is 0 Å². The molecule has 0 aliphatic carbocycles. The summed E-state index contributed by atoms with van der Waals surface area (Å²) in [4.78, 5) is 6.76. The van der Waals surface area contributed by atoms with Gasteiger partial charge in [0.1, 0.15) is 12.4 Å². The Bertz CT molecular complexity index is 856. The highest BCUT2D eigenvalue weighted by Crippen LogP contribution is 2.24. The van der Waals surface area contributed by atoms with Gasteiger partial charge in [0.2, 0.25) is 0 Å². The van der Waals surface area contributed by atoms with Crippen molar-refractivity contribution in [3.63, 3.8) is 0 Å². The molecular weight excluding hydrogens is 332 g/mol. The number of rotatable bonds is 9. The lowest BCUT2D eigenvalue weighted by molar-refractivity contribution is 0.261. The smallest absolute Gasteiger partial charge is 0.120 e. The second-order valence-corrected chi connectivity index (χ2v) is 7.39. The van der Waals surface area contributed by atoms with E-state index < -0.39 is 0 Å². The van der Waals surface area contributed by atoms with E-state index in [4.69, 9.17) is 4.74 Å². The maximum Gasteiger partial charge on any atom is 0.120 e. The molecule has 0 radical (unpaired) electrons. The fourth-order valence-corrected chi connectivity index (χ4v) is 3.19. The van der Waals surface area contributed by atoms with Crippen molar-refractivity contribution >= 4 is 10.8 Å². The van der Waals surface area contributed by atoms with Crippen molar-refractivity contribution < 1.29 is 4.74 Å². The second kappa shape index (κ2) is 9.52. The molecule has 0 aliphatic heterocycles. The normalized spacial score (nSPS) is 11.3. The largest absolute Gasteiger partial charge is 0.492 e. The molecule has 0 saturated carbocycles. The van der Waals surface area contributed by atoms with E-state index in [1.165, 1.54) is 41.2 Å². The predicted octanol–water partition coefficient (Wildman–Crippen LogP) is 5.11. The van der Waals surface area contributed by atoms with Crippen LogP contribution >= 0.6 is 0 Å². The van der Waals surface area contributed by atoms with Gasteiger partial charge in [0, 0.05) is 24.5 Å². The Morgan fingerprint density at radius 3 is 2.48 bits per heavy atom. The Morgan fingerprint density at radius 2 is 1.74 bits per heavy atom. The number of hydrogen-bond acceptors (Lipinski definition) is 3. The highest BCUT2D eigenvalue weighted by Gasteiger charge is 2.06. The fourth-order valence-electron chi connectivity index (χ4n) is 3.19. The molecule has 0 N–H and O–H groups in total. The number of likely N-dealkylation sites (N-methyl/N-ethyl adjacent to an activating group) is 1. The van der Waals surface area contributed by atoms with Crippen LogP contribution in [0.15, 0.2) is 54.7 Å². The Morgan fingerprint density at radius 1 is 0.963 bits per heavy atom. The predicted molar refractivity (Wildman–Crippen MR) is 114 cm³/mol. The lowest BCUT2D eigenvalue weighted by Gasteiger charge is -2.12. The van der Waals surface area contributed by atoms with Crippen molar-refractivity contribution in [1.82, 2.24) is 9.88 Å². The summed E-state index contributed by atoms with van der Waals surface area (Å²) < 4.78 is 5.87. The van der Waals surface area contributed by atoms with Gasteiger partial charge in [-0.05, 0) is 67.7 Å². The molecule has 0 saturated heterocycles. The highest BCUT2D eigenvalue weighted by atomic mass is 16.5. The molecule has 0 unspecified atom stereocenters. The van der Waals surface area contributed by atoms with Gasteiger partial charge >= 0.3 is 0 Å². The van der Waals surface area contributed by atoms with Crippen molar-refractivity contribution in [2.24, 2.45) is 0 Å². The third-order valence-electron chi connectivity index (χ3n) is 4.84. The minimum Gasteiger partial charge on any atom is -0.492 e. The van der Waals surface area contributed by atoms with Crippen molar-refractivity contribution in [2.45, 2.75) is 32.6 Å². The summed E-state index contributed by atoms with van der Waals surface area (Å²) in [5, 5.41) is 2.38. The SMILES string of the molecule is CCCCc1ccc(Cc2nccc3cc(OCCN(C)C)ccc23)cc1. The van der Waals surface area contributed by atoms with Gasteiger partial charge in [-0.2, -0.15) is 0 Å². The van der Waals surface area contributed by atoms with E-state index >= 15 is 0 Å². The molecule has 142 valence electrons. The van der Waals surface area contributed by atoms with Crippen LogP contribution < -0.4 is 4.74 Å². The number of hydrogen-bond donors (Lipinski definition) is 0. The molecule has 0 spiro atoms. The minimum atomic E-state index is 0.695. The lowest BCUT2D eigenvalue weighted by atomic mass is 10.0. The molecule has 2 aromatic carbocycles. The number of aromatic nitrogens is 1. The van der Waals surface area contributed by atoms with E-state index in [0.717, 1.165) is 24.4 Å². The molecule has 0 aliphatic rings. The molecule has 1 heterocycles. The van der Waals surface area contributed by atoms with Crippen LogP contribution in [0.4, 0.5) is 0 Å². The summed E-state index contributed by atoms with van der Waals surface area (Å²) in [6, 6.07) is 17.4. The first-order valence-electron chi connectivity index (χ1n) is 9.88. The molecule has 0 bridgehead atoms. The number of unbranched alkanes of at least 4 members (excludes halogenated alkanes) is 1. The maximum atomic E-state index is 5.87. The summed E-state index contributed by atoms with van der Waals surface area (Å²) in [5.74, 6) is 0.918. The number of benzene rings is 2. The number of ether oxygens (including phenoxy) is 1. The van der Waals surface area contributed by atoms with Gasteiger partial charge in [-0.1, -0.05) is 37.6 Å². The first kappa shape index (κ1) is 19.4. The van der Waals surface area contributed by atoms with Crippen LogP contribution in [0.3, 0.4) is 0 Å². The zero-order chi connectivity index (χ0) is 19.1. The van der Waals surface area contributed by atoms with Crippen LogP contribution in [0, 0.1) is 0 Å². The van der Waals surface area contributed by atoms with Crippen molar-refractivity contribution in [3.05, 3.63) is 71.5 Å². The monoisotopic (exact) mass is 362 g/mol. The van der Waals surface area contributed by atoms with Crippen LogP contribution in [0.5, 0.6) is 5.75 Å². The van der Waals surface area contributed by atoms with Crippen LogP contribution in [-0.2, 0) is 12.8 Å². The number of pyridine rings is 1. The fraction of sp³-hybridized carbons (Fsp3) is 0.375. The Labute approximate surface area is 163 Å². The molecule has 3 heteroatoms. The van der Waals surface area contributed by atoms with Gasteiger partial charge in [0.05, 0.1) is 5.69 Å². The maximum absolute atomic E-state index is 5.87. The summed E-state index contributed by atoms with van der Waals surface area (Å²) in [6.07, 6.45) is 6.41. The number of aryl methyl sites for hydroxylation is 1. The Balaban J connectivity index is 1.73. The Kier molecular flexibility index (Phi) is 6.83. The Hall–Kier alpha value is -2.39. The summed E-state index contributed by atoms with van der Waals surface area (Å²) in [5.41, 5.74) is 3.85. The standard InChI is InChI=1S/C24H30N2O/c1-4-5-6-19-7-9-20(10-8-19)17-24-23-12-11-22(27-16-15-26(2)3)18-21(23)13-14-25-24/h7-14,18H,4-6,15-17H2,1-3H3. The van der Waals surface area contributed by atoms with Crippen LogP contribution in [0.1, 0.15) is 36.6 Å². The molecule has 3 nitrogen and oxygen atoms in total. The zero-order valence-electron chi connectivity index (χ0n) is 16.7. The highest BCUT2D eigenvalue weighted by molar-refractivity contribution is 5.86. The van der Waals surface area contributed by atoms with Gasteiger partial charge in [0.15, 0.2) is 0 Å². The summed E-state index contributed by atoms with van der Waals surface area (Å²) in [7, 11) is 4.11. The van der Waals surface area contributed by atoms with E-state index in [0.29, 0.717) is 6.61 Å². The van der Waals surface area contributed by atoms with Gasteiger partial charge in [-0.25, -0.2) is 0 Å². The summed E-state index contributed by atoms with van der Waals surface area (Å²) >= 11 is 0. The minimum absolute atomic E-state index is 0.695. The second-order valence-electron chi connectivity index (χ2n) is 7.39. The number of fused-ring (bicyclic) bond motifs is 1. The average molecular weight is 363 g/mol. The molecular formula is C24H30N2O. The molecule has 1 aromatic heterocycles. The van der Waals surface area contributed by atoms with Crippen molar-refractivity contribution in [3.8, 4) is 5.75 Å². The third-order valence-corrected chi connectivity index (χ3v) is 4.84. The van der Waals surface area contributed by atoms with Crippen molar-refractivity contribution in [2.75, 3.05) is 27.2 Å². The average Bonchev–Trinajstić information content (AvgIpc) is 2.67. The molecule has 0 atom stereocenters.